The third-order valence-corrected chi connectivity index (χ3v) is 3.24. The van der Waals surface area contributed by atoms with Gasteiger partial charge in [0, 0.05) is 20.1 Å². The standard InChI is InChI=1S/C15H28N4/c1-6-13(4)11-19(5)15-8-7-14(17-18-15)10-16-9-12(2)3/h7-8,12-13,16H,6,9-11H2,1-5H3. The molecule has 1 rings (SSSR count). The van der Waals surface area contributed by atoms with E-state index in [1.807, 2.05) is 0 Å². The van der Waals surface area contributed by atoms with Crippen LogP contribution in [0.3, 0.4) is 0 Å². The Morgan fingerprint density at radius 2 is 1.95 bits per heavy atom. The summed E-state index contributed by atoms with van der Waals surface area (Å²) in [7, 11) is 2.08. The Balaban J connectivity index is 2.46. The van der Waals surface area contributed by atoms with E-state index in [0.717, 1.165) is 31.1 Å². The minimum absolute atomic E-state index is 0.661. The fourth-order valence-corrected chi connectivity index (χ4v) is 1.83. The molecule has 0 saturated heterocycles. The van der Waals surface area contributed by atoms with Gasteiger partial charge in [0.25, 0.3) is 0 Å². The second-order valence-corrected chi connectivity index (χ2v) is 5.80. The summed E-state index contributed by atoms with van der Waals surface area (Å²) in [4.78, 5) is 2.17. The molecule has 0 bridgehead atoms. The molecule has 1 heterocycles. The minimum atomic E-state index is 0.661. The zero-order valence-corrected chi connectivity index (χ0v) is 13.0. The van der Waals surface area contributed by atoms with Crippen LogP contribution in [0.4, 0.5) is 5.82 Å². The molecule has 19 heavy (non-hydrogen) atoms. The summed E-state index contributed by atoms with van der Waals surface area (Å²) < 4.78 is 0. The fourth-order valence-electron chi connectivity index (χ4n) is 1.83. The Kier molecular flexibility index (Phi) is 6.78. The van der Waals surface area contributed by atoms with Gasteiger partial charge in [0.15, 0.2) is 5.82 Å². The van der Waals surface area contributed by atoms with Crippen molar-refractivity contribution in [1.29, 1.82) is 0 Å². The van der Waals surface area contributed by atoms with Crippen LogP contribution in [0, 0.1) is 11.8 Å². The highest BCUT2D eigenvalue weighted by atomic mass is 15.2. The van der Waals surface area contributed by atoms with Gasteiger partial charge in [-0.05, 0) is 30.5 Å². The average Bonchev–Trinajstić information content (AvgIpc) is 2.38. The van der Waals surface area contributed by atoms with Crippen molar-refractivity contribution in [3.8, 4) is 0 Å². The van der Waals surface area contributed by atoms with Gasteiger partial charge in [-0.15, -0.1) is 5.10 Å². The Bertz CT molecular complexity index is 348. The highest BCUT2D eigenvalue weighted by Crippen LogP contribution is 2.11. The minimum Gasteiger partial charge on any atom is -0.358 e. The quantitative estimate of drug-likeness (QED) is 0.784. The van der Waals surface area contributed by atoms with E-state index in [4.69, 9.17) is 0 Å². The van der Waals surface area contributed by atoms with Gasteiger partial charge in [0.1, 0.15) is 0 Å². The van der Waals surface area contributed by atoms with Gasteiger partial charge < -0.3 is 10.2 Å². The smallest absolute Gasteiger partial charge is 0.150 e. The van der Waals surface area contributed by atoms with Crippen LogP contribution in [0.2, 0.25) is 0 Å². The molecule has 0 aliphatic rings. The lowest BCUT2D eigenvalue weighted by atomic mass is 10.1. The van der Waals surface area contributed by atoms with Crippen LogP contribution >= 0.6 is 0 Å². The van der Waals surface area contributed by atoms with E-state index in [1.165, 1.54) is 6.42 Å². The molecule has 1 N–H and O–H groups in total. The van der Waals surface area contributed by atoms with E-state index >= 15 is 0 Å². The van der Waals surface area contributed by atoms with Crippen molar-refractivity contribution in [1.82, 2.24) is 15.5 Å². The van der Waals surface area contributed by atoms with Crippen molar-refractivity contribution < 1.29 is 0 Å². The van der Waals surface area contributed by atoms with Crippen molar-refractivity contribution >= 4 is 5.82 Å². The van der Waals surface area contributed by atoms with Crippen molar-refractivity contribution in [2.75, 3.05) is 25.0 Å². The zero-order chi connectivity index (χ0) is 14.3. The Morgan fingerprint density at radius 1 is 1.21 bits per heavy atom. The molecule has 0 amide bonds. The van der Waals surface area contributed by atoms with Gasteiger partial charge in [0.05, 0.1) is 5.69 Å². The molecule has 0 fully saturated rings. The molecule has 0 radical (unpaired) electrons. The van der Waals surface area contributed by atoms with E-state index in [-0.39, 0.29) is 0 Å². The highest BCUT2D eigenvalue weighted by Gasteiger charge is 2.07. The summed E-state index contributed by atoms with van der Waals surface area (Å²) >= 11 is 0. The van der Waals surface area contributed by atoms with E-state index in [9.17, 15) is 0 Å². The van der Waals surface area contributed by atoms with Gasteiger partial charge in [-0.2, -0.15) is 5.10 Å². The predicted octanol–water partition coefficient (Wildman–Crippen LogP) is 2.70. The number of hydrogen-bond donors (Lipinski definition) is 1. The summed E-state index contributed by atoms with van der Waals surface area (Å²) in [5.74, 6) is 2.29. The van der Waals surface area contributed by atoms with E-state index in [2.05, 4.69) is 67.3 Å². The van der Waals surface area contributed by atoms with Crippen LogP contribution in [0.15, 0.2) is 12.1 Å². The van der Waals surface area contributed by atoms with Crippen molar-refractivity contribution in [2.45, 2.75) is 40.7 Å². The maximum Gasteiger partial charge on any atom is 0.150 e. The summed E-state index contributed by atoms with van der Waals surface area (Å²) in [6.45, 7) is 11.7. The second kappa shape index (κ2) is 8.10. The first-order valence-corrected chi connectivity index (χ1v) is 7.27. The fraction of sp³-hybridized carbons (Fsp3) is 0.733. The van der Waals surface area contributed by atoms with Gasteiger partial charge in [0.2, 0.25) is 0 Å². The Morgan fingerprint density at radius 3 is 2.47 bits per heavy atom. The summed E-state index contributed by atoms with van der Waals surface area (Å²) in [6.07, 6.45) is 1.19. The summed E-state index contributed by atoms with van der Waals surface area (Å²) in [5.41, 5.74) is 1.00. The molecular weight excluding hydrogens is 236 g/mol. The molecule has 0 aliphatic heterocycles. The van der Waals surface area contributed by atoms with Crippen LogP contribution in [-0.2, 0) is 6.54 Å². The molecule has 1 atom stereocenters. The SMILES string of the molecule is CCC(C)CN(C)c1ccc(CNCC(C)C)nn1. The van der Waals surface area contributed by atoms with Crippen LogP contribution in [0.5, 0.6) is 0 Å². The molecule has 0 spiro atoms. The van der Waals surface area contributed by atoms with Crippen molar-refractivity contribution in [3.63, 3.8) is 0 Å². The lowest BCUT2D eigenvalue weighted by molar-refractivity contribution is 0.544. The molecule has 0 aromatic carbocycles. The molecular formula is C15H28N4. The van der Waals surface area contributed by atoms with Gasteiger partial charge in [-0.3, -0.25) is 0 Å². The number of nitrogens with one attached hydrogen (secondary N) is 1. The van der Waals surface area contributed by atoms with E-state index in [1.54, 1.807) is 0 Å². The average molecular weight is 264 g/mol. The molecule has 0 saturated carbocycles. The molecule has 4 nitrogen and oxygen atoms in total. The number of hydrogen-bond acceptors (Lipinski definition) is 4. The number of rotatable bonds is 8. The first-order chi connectivity index (χ1) is 9.02. The molecule has 1 aromatic rings. The lowest BCUT2D eigenvalue weighted by Crippen LogP contribution is -2.25. The molecule has 1 unspecified atom stereocenters. The predicted molar refractivity (Wildman–Crippen MR) is 81.3 cm³/mol. The van der Waals surface area contributed by atoms with Gasteiger partial charge in [-0.25, -0.2) is 0 Å². The normalized spacial score (nSPS) is 12.7. The monoisotopic (exact) mass is 264 g/mol. The van der Waals surface area contributed by atoms with E-state index < -0.39 is 0 Å². The van der Waals surface area contributed by atoms with E-state index in [0.29, 0.717) is 11.8 Å². The molecule has 0 aliphatic carbocycles. The zero-order valence-electron chi connectivity index (χ0n) is 13.0. The molecule has 1 aromatic heterocycles. The number of aromatic nitrogens is 2. The van der Waals surface area contributed by atoms with Gasteiger partial charge >= 0.3 is 0 Å². The topological polar surface area (TPSA) is 41.0 Å². The third-order valence-electron chi connectivity index (χ3n) is 3.24. The maximum absolute atomic E-state index is 4.30. The second-order valence-electron chi connectivity index (χ2n) is 5.80. The Hall–Kier alpha value is -1.16. The van der Waals surface area contributed by atoms with Crippen molar-refractivity contribution in [2.24, 2.45) is 11.8 Å². The van der Waals surface area contributed by atoms with Crippen molar-refractivity contribution in [3.05, 3.63) is 17.8 Å². The lowest BCUT2D eigenvalue weighted by Gasteiger charge is -2.21. The number of nitrogens with zero attached hydrogens (tertiary/aromatic N) is 3. The third kappa shape index (κ3) is 6.01. The largest absolute Gasteiger partial charge is 0.358 e. The van der Waals surface area contributed by atoms with Crippen LogP contribution < -0.4 is 10.2 Å². The Labute approximate surface area is 117 Å². The maximum atomic E-state index is 4.30. The summed E-state index contributed by atoms with van der Waals surface area (Å²) in [5, 5.41) is 12.0. The van der Waals surface area contributed by atoms with Crippen LogP contribution in [0.1, 0.15) is 39.8 Å². The molecule has 108 valence electrons. The van der Waals surface area contributed by atoms with Crippen LogP contribution in [0.25, 0.3) is 0 Å². The summed E-state index contributed by atoms with van der Waals surface area (Å²) in [6, 6.07) is 4.12. The highest BCUT2D eigenvalue weighted by molar-refractivity contribution is 5.36. The first-order valence-electron chi connectivity index (χ1n) is 7.27. The van der Waals surface area contributed by atoms with Gasteiger partial charge in [-0.1, -0.05) is 34.1 Å². The van der Waals surface area contributed by atoms with Crippen LogP contribution in [-0.4, -0.2) is 30.3 Å². The first kappa shape index (κ1) is 15.9. The number of anilines is 1. The molecule has 4 heteroatoms.